The molecule has 0 bridgehead atoms. The van der Waals surface area contributed by atoms with Crippen molar-refractivity contribution in [3.05, 3.63) is 0 Å². The van der Waals surface area contributed by atoms with Gasteiger partial charge in [-0.3, -0.25) is 4.79 Å². The van der Waals surface area contributed by atoms with Crippen molar-refractivity contribution in [2.24, 2.45) is 0 Å². The van der Waals surface area contributed by atoms with Crippen LogP contribution in [0.25, 0.3) is 0 Å². The highest BCUT2D eigenvalue weighted by molar-refractivity contribution is 5.72. The molecule has 3 nitrogen and oxygen atoms in total. The zero-order valence-electron chi connectivity index (χ0n) is 10.5. The van der Waals surface area contributed by atoms with Gasteiger partial charge in [0.15, 0.2) is 0 Å². The number of carbonyl (C=O) groups is 2. The molecule has 0 aromatic heterocycles. The van der Waals surface area contributed by atoms with Crippen LogP contribution in [0.2, 0.25) is 0 Å². The van der Waals surface area contributed by atoms with Crippen molar-refractivity contribution in [2.75, 3.05) is 6.54 Å². The third-order valence-electron chi connectivity index (χ3n) is 2.62. The fourth-order valence-corrected chi connectivity index (χ4v) is 1.68. The SMILES string of the molecule is CC(=O)NCCCCCCCCCCC=O. The molecule has 0 fully saturated rings. The zero-order valence-corrected chi connectivity index (χ0v) is 10.5. The maximum atomic E-state index is 10.6. The summed E-state index contributed by atoms with van der Waals surface area (Å²) >= 11 is 0. The first kappa shape index (κ1) is 15.1. The standard InChI is InChI=1S/C13H25NO2/c1-13(16)14-11-9-7-5-3-2-4-6-8-10-12-15/h12H,2-11H2,1H3,(H,14,16). The highest BCUT2D eigenvalue weighted by Gasteiger charge is 1.93. The van der Waals surface area contributed by atoms with Gasteiger partial charge >= 0.3 is 0 Å². The third-order valence-corrected chi connectivity index (χ3v) is 2.62. The number of amides is 1. The number of hydrogen-bond donors (Lipinski definition) is 1. The molecule has 1 N–H and O–H groups in total. The van der Waals surface area contributed by atoms with Gasteiger partial charge in [-0.05, 0) is 12.8 Å². The van der Waals surface area contributed by atoms with Gasteiger partial charge in [0.2, 0.25) is 5.91 Å². The van der Waals surface area contributed by atoms with Gasteiger partial charge in [-0.1, -0.05) is 38.5 Å². The van der Waals surface area contributed by atoms with Gasteiger partial charge in [0.05, 0.1) is 0 Å². The lowest BCUT2D eigenvalue weighted by Gasteiger charge is -2.02. The Morgan fingerprint density at radius 2 is 1.44 bits per heavy atom. The fraction of sp³-hybridized carbons (Fsp3) is 0.846. The number of rotatable bonds is 11. The van der Waals surface area contributed by atoms with Crippen LogP contribution in [0.3, 0.4) is 0 Å². The highest BCUT2D eigenvalue weighted by Crippen LogP contribution is 2.08. The van der Waals surface area contributed by atoms with Gasteiger partial charge in [0, 0.05) is 19.9 Å². The Bertz CT molecular complexity index is 181. The first-order valence-electron chi connectivity index (χ1n) is 6.45. The molecule has 94 valence electrons. The Hall–Kier alpha value is -0.860. The maximum absolute atomic E-state index is 10.6. The number of carbonyl (C=O) groups excluding carboxylic acids is 2. The molecule has 0 radical (unpaired) electrons. The second kappa shape index (κ2) is 12.2. The molecule has 0 aromatic rings. The van der Waals surface area contributed by atoms with Crippen molar-refractivity contribution in [1.29, 1.82) is 0 Å². The second-order valence-electron chi connectivity index (χ2n) is 4.27. The summed E-state index contributed by atoms with van der Waals surface area (Å²) < 4.78 is 0. The molecule has 0 aliphatic carbocycles. The average Bonchev–Trinajstić information content (AvgIpc) is 2.25. The highest BCUT2D eigenvalue weighted by atomic mass is 16.1. The van der Waals surface area contributed by atoms with E-state index in [4.69, 9.17) is 0 Å². The second-order valence-corrected chi connectivity index (χ2v) is 4.27. The molecule has 0 spiro atoms. The Kier molecular flexibility index (Phi) is 11.6. The van der Waals surface area contributed by atoms with Gasteiger partial charge in [0.1, 0.15) is 6.29 Å². The number of unbranched alkanes of at least 4 members (excludes halogenated alkanes) is 8. The lowest BCUT2D eigenvalue weighted by Crippen LogP contribution is -2.20. The van der Waals surface area contributed by atoms with E-state index in [1.807, 2.05) is 0 Å². The molecular weight excluding hydrogens is 202 g/mol. The van der Waals surface area contributed by atoms with Crippen LogP contribution < -0.4 is 5.32 Å². The van der Waals surface area contributed by atoms with Crippen LogP contribution in [0, 0.1) is 0 Å². The quantitative estimate of drug-likeness (QED) is 0.436. The average molecular weight is 227 g/mol. The lowest BCUT2D eigenvalue weighted by molar-refractivity contribution is -0.119. The first-order valence-corrected chi connectivity index (χ1v) is 6.45. The van der Waals surface area contributed by atoms with Crippen molar-refractivity contribution in [3.63, 3.8) is 0 Å². The molecule has 0 aliphatic heterocycles. The minimum absolute atomic E-state index is 0.0650. The van der Waals surface area contributed by atoms with Gasteiger partial charge in [0.25, 0.3) is 0 Å². The molecule has 0 heterocycles. The summed E-state index contributed by atoms with van der Waals surface area (Å²) in [6.45, 7) is 2.37. The predicted octanol–water partition coefficient (Wildman–Crippen LogP) is 2.83. The van der Waals surface area contributed by atoms with E-state index in [-0.39, 0.29) is 5.91 Å². The van der Waals surface area contributed by atoms with Crippen LogP contribution in [-0.2, 0) is 9.59 Å². The van der Waals surface area contributed by atoms with Crippen molar-refractivity contribution < 1.29 is 9.59 Å². The van der Waals surface area contributed by atoms with E-state index >= 15 is 0 Å². The number of nitrogens with one attached hydrogen (secondary N) is 1. The van der Waals surface area contributed by atoms with E-state index in [2.05, 4.69) is 5.32 Å². The van der Waals surface area contributed by atoms with Crippen LogP contribution in [0.15, 0.2) is 0 Å². The summed E-state index contributed by atoms with van der Waals surface area (Å²) in [7, 11) is 0. The van der Waals surface area contributed by atoms with Crippen molar-refractivity contribution >= 4 is 12.2 Å². The van der Waals surface area contributed by atoms with Crippen LogP contribution in [-0.4, -0.2) is 18.7 Å². The van der Waals surface area contributed by atoms with Gasteiger partial charge < -0.3 is 10.1 Å². The molecule has 3 heteroatoms. The Morgan fingerprint density at radius 1 is 0.938 bits per heavy atom. The van der Waals surface area contributed by atoms with Crippen LogP contribution in [0.4, 0.5) is 0 Å². The molecule has 1 amide bonds. The lowest BCUT2D eigenvalue weighted by atomic mass is 10.1. The van der Waals surface area contributed by atoms with Crippen molar-refractivity contribution in [2.45, 2.75) is 64.7 Å². The van der Waals surface area contributed by atoms with Crippen LogP contribution in [0.1, 0.15) is 64.7 Å². The monoisotopic (exact) mass is 227 g/mol. The van der Waals surface area contributed by atoms with E-state index < -0.39 is 0 Å². The van der Waals surface area contributed by atoms with E-state index in [9.17, 15) is 9.59 Å². The van der Waals surface area contributed by atoms with Gasteiger partial charge in [-0.2, -0.15) is 0 Å². The van der Waals surface area contributed by atoms with E-state index in [0.29, 0.717) is 0 Å². The van der Waals surface area contributed by atoms with E-state index in [0.717, 1.165) is 32.1 Å². The minimum Gasteiger partial charge on any atom is -0.356 e. The zero-order chi connectivity index (χ0) is 12.1. The maximum Gasteiger partial charge on any atom is 0.216 e. The van der Waals surface area contributed by atoms with E-state index in [1.54, 1.807) is 6.92 Å². The largest absolute Gasteiger partial charge is 0.356 e. The summed E-state index contributed by atoms with van der Waals surface area (Å²) in [6, 6.07) is 0. The van der Waals surface area contributed by atoms with Gasteiger partial charge in [-0.15, -0.1) is 0 Å². The molecule has 0 saturated heterocycles. The molecular formula is C13H25NO2. The first-order chi connectivity index (χ1) is 7.77. The minimum atomic E-state index is 0.0650. The summed E-state index contributed by atoms with van der Waals surface area (Å²) in [4.78, 5) is 20.6. The Balaban J connectivity index is 2.93. The summed E-state index contributed by atoms with van der Waals surface area (Å²) in [5.74, 6) is 0.0650. The third kappa shape index (κ3) is 13.1. The molecule has 0 rings (SSSR count). The molecule has 0 atom stereocenters. The van der Waals surface area contributed by atoms with Gasteiger partial charge in [-0.25, -0.2) is 0 Å². The normalized spacial score (nSPS) is 10.1. The van der Waals surface area contributed by atoms with Crippen LogP contribution >= 0.6 is 0 Å². The number of hydrogen-bond acceptors (Lipinski definition) is 2. The summed E-state index contributed by atoms with van der Waals surface area (Å²) in [5.41, 5.74) is 0. The molecule has 0 aromatic carbocycles. The fourth-order valence-electron chi connectivity index (χ4n) is 1.68. The predicted molar refractivity (Wildman–Crippen MR) is 66.3 cm³/mol. The molecule has 16 heavy (non-hydrogen) atoms. The molecule has 0 unspecified atom stereocenters. The molecule has 0 aliphatic rings. The Morgan fingerprint density at radius 3 is 1.94 bits per heavy atom. The van der Waals surface area contributed by atoms with E-state index in [1.165, 1.54) is 38.5 Å². The summed E-state index contributed by atoms with van der Waals surface area (Å²) in [5, 5.41) is 2.80. The summed E-state index contributed by atoms with van der Waals surface area (Å²) in [6.07, 6.45) is 11.3. The van der Waals surface area contributed by atoms with Crippen LogP contribution in [0.5, 0.6) is 0 Å². The number of aldehydes is 1. The smallest absolute Gasteiger partial charge is 0.216 e. The van der Waals surface area contributed by atoms with Crippen molar-refractivity contribution in [1.82, 2.24) is 5.32 Å². The molecule has 0 saturated carbocycles. The van der Waals surface area contributed by atoms with Crippen molar-refractivity contribution in [3.8, 4) is 0 Å². The topological polar surface area (TPSA) is 46.2 Å². The Labute approximate surface area is 99.0 Å².